The molecule has 0 rings (SSSR count). The zero-order valence-electron chi connectivity index (χ0n) is 13.4. The molecule has 0 saturated heterocycles. The average Bonchev–Trinajstić information content (AvgIpc) is 2.49. The fourth-order valence-corrected chi connectivity index (χ4v) is 1.67. The van der Waals surface area contributed by atoms with E-state index >= 15 is 0 Å². The van der Waals surface area contributed by atoms with Crippen molar-refractivity contribution in [2.45, 2.75) is 27.2 Å². The Hall–Kier alpha value is -2.11. The van der Waals surface area contributed by atoms with Gasteiger partial charge in [-0.2, -0.15) is 0 Å². The van der Waals surface area contributed by atoms with Crippen molar-refractivity contribution >= 4 is 17.9 Å². The second kappa shape index (κ2) is 10.6. The van der Waals surface area contributed by atoms with Gasteiger partial charge in [0.1, 0.15) is 19.8 Å². The molecule has 0 aliphatic rings. The van der Waals surface area contributed by atoms with E-state index < -0.39 is 29.7 Å². The number of esters is 3. The number of rotatable bonds is 10. The lowest BCUT2D eigenvalue weighted by Crippen LogP contribution is -2.31. The van der Waals surface area contributed by atoms with E-state index in [9.17, 15) is 14.4 Å². The van der Waals surface area contributed by atoms with Gasteiger partial charge in [-0.3, -0.25) is 9.59 Å². The molecule has 0 fully saturated rings. The van der Waals surface area contributed by atoms with Crippen LogP contribution in [0.2, 0.25) is 0 Å². The third kappa shape index (κ3) is 7.06. The highest BCUT2D eigenvalue weighted by Crippen LogP contribution is 2.19. The molecule has 0 aromatic carbocycles. The van der Waals surface area contributed by atoms with E-state index in [0.29, 0.717) is 6.42 Å². The van der Waals surface area contributed by atoms with Crippen LogP contribution in [0.3, 0.4) is 0 Å². The summed E-state index contributed by atoms with van der Waals surface area (Å²) in [5.41, 5.74) is 0.274. The highest BCUT2D eigenvalue weighted by molar-refractivity contribution is 5.87. The largest absolute Gasteiger partial charge is 0.462 e. The predicted octanol–water partition coefficient (Wildman–Crippen LogP) is 2.04. The zero-order chi connectivity index (χ0) is 17.1. The summed E-state index contributed by atoms with van der Waals surface area (Å²) in [4.78, 5) is 34.8. The molecular weight excluding hydrogens is 288 g/mol. The SMILES string of the molecule is C=CCOC(=O)C(CC)C(C)C(=O)OCCOC(=O)C(=C)C. The number of ether oxygens (including phenoxy) is 3. The van der Waals surface area contributed by atoms with Crippen molar-refractivity contribution in [1.29, 1.82) is 0 Å². The molecule has 0 aromatic rings. The Labute approximate surface area is 131 Å². The molecule has 0 N–H and O–H groups in total. The normalized spacial score (nSPS) is 12.7. The molecule has 0 aliphatic carbocycles. The quantitative estimate of drug-likeness (QED) is 0.202. The minimum absolute atomic E-state index is 0.0537. The number of hydrogen-bond donors (Lipinski definition) is 0. The van der Waals surface area contributed by atoms with Gasteiger partial charge in [-0.25, -0.2) is 4.79 Å². The molecular formula is C16H24O6. The highest BCUT2D eigenvalue weighted by atomic mass is 16.6. The van der Waals surface area contributed by atoms with Crippen LogP contribution in [0.5, 0.6) is 0 Å². The molecule has 6 nitrogen and oxygen atoms in total. The van der Waals surface area contributed by atoms with Crippen LogP contribution in [0.4, 0.5) is 0 Å². The maximum Gasteiger partial charge on any atom is 0.333 e. The van der Waals surface area contributed by atoms with E-state index in [1.807, 2.05) is 0 Å². The Kier molecular flexibility index (Phi) is 9.58. The number of carbonyl (C=O) groups is 3. The van der Waals surface area contributed by atoms with Gasteiger partial charge in [0.25, 0.3) is 0 Å². The third-order valence-corrected chi connectivity index (χ3v) is 2.97. The van der Waals surface area contributed by atoms with Gasteiger partial charge in [-0.15, -0.1) is 0 Å². The molecule has 6 heteroatoms. The first-order valence-electron chi connectivity index (χ1n) is 7.11. The third-order valence-electron chi connectivity index (χ3n) is 2.97. The summed E-state index contributed by atoms with van der Waals surface area (Å²) < 4.78 is 14.8. The molecule has 0 aliphatic heterocycles. The van der Waals surface area contributed by atoms with E-state index in [-0.39, 0.29) is 25.4 Å². The van der Waals surface area contributed by atoms with Crippen LogP contribution >= 0.6 is 0 Å². The van der Waals surface area contributed by atoms with Crippen LogP contribution in [0.25, 0.3) is 0 Å². The van der Waals surface area contributed by atoms with E-state index in [2.05, 4.69) is 13.2 Å². The number of hydrogen-bond acceptors (Lipinski definition) is 6. The lowest BCUT2D eigenvalue weighted by Gasteiger charge is -2.19. The van der Waals surface area contributed by atoms with Crippen molar-refractivity contribution in [2.75, 3.05) is 19.8 Å². The molecule has 0 bridgehead atoms. The van der Waals surface area contributed by atoms with Gasteiger partial charge >= 0.3 is 17.9 Å². The molecule has 0 aromatic heterocycles. The molecule has 0 heterocycles. The lowest BCUT2D eigenvalue weighted by molar-refractivity contribution is -0.161. The van der Waals surface area contributed by atoms with Crippen molar-refractivity contribution in [3.05, 3.63) is 24.8 Å². The zero-order valence-corrected chi connectivity index (χ0v) is 13.4. The van der Waals surface area contributed by atoms with Gasteiger partial charge in [0.2, 0.25) is 0 Å². The van der Waals surface area contributed by atoms with Crippen molar-refractivity contribution in [3.63, 3.8) is 0 Å². The molecule has 0 spiro atoms. The van der Waals surface area contributed by atoms with Crippen LogP contribution in [0.1, 0.15) is 27.2 Å². The standard InChI is InChI=1S/C16H24O6/c1-6-8-20-16(19)13(7-2)12(5)15(18)22-10-9-21-14(17)11(3)4/h6,12-13H,1,3,7-10H2,2,4-5H3. The second-order valence-electron chi connectivity index (χ2n) is 4.81. The molecule has 0 saturated carbocycles. The summed E-state index contributed by atoms with van der Waals surface area (Å²) >= 11 is 0. The smallest absolute Gasteiger partial charge is 0.333 e. The maximum absolute atomic E-state index is 11.9. The van der Waals surface area contributed by atoms with Gasteiger partial charge in [0.15, 0.2) is 0 Å². The summed E-state index contributed by atoms with van der Waals surface area (Å²) in [5, 5.41) is 0. The van der Waals surface area contributed by atoms with Gasteiger partial charge in [-0.1, -0.05) is 33.1 Å². The maximum atomic E-state index is 11.9. The summed E-state index contributed by atoms with van der Waals surface area (Å²) in [7, 11) is 0. The summed E-state index contributed by atoms with van der Waals surface area (Å²) in [6.07, 6.45) is 1.92. The summed E-state index contributed by atoms with van der Waals surface area (Å²) in [6, 6.07) is 0. The molecule has 2 atom stereocenters. The highest BCUT2D eigenvalue weighted by Gasteiger charge is 2.31. The molecule has 124 valence electrons. The first-order chi connectivity index (χ1) is 10.3. The Balaban J connectivity index is 4.27. The fourth-order valence-electron chi connectivity index (χ4n) is 1.67. The Bertz CT molecular complexity index is 426. The van der Waals surface area contributed by atoms with E-state index in [1.54, 1.807) is 13.8 Å². The van der Waals surface area contributed by atoms with E-state index in [0.717, 1.165) is 0 Å². The first-order valence-corrected chi connectivity index (χ1v) is 7.11. The average molecular weight is 312 g/mol. The van der Waals surface area contributed by atoms with Crippen LogP contribution < -0.4 is 0 Å². The van der Waals surface area contributed by atoms with Gasteiger partial charge in [0.05, 0.1) is 11.8 Å². The summed E-state index contributed by atoms with van der Waals surface area (Å²) in [5.74, 6) is -2.75. The van der Waals surface area contributed by atoms with Crippen molar-refractivity contribution < 1.29 is 28.6 Å². The predicted molar refractivity (Wildman–Crippen MR) is 80.8 cm³/mol. The van der Waals surface area contributed by atoms with Crippen LogP contribution in [-0.4, -0.2) is 37.7 Å². The Morgan fingerprint density at radius 2 is 1.68 bits per heavy atom. The van der Waals surface area contributed by atoms with Crippen molar-refractivity contribution in [1.82, 2.24) is 0 Å². The van der Waals surface area contributed by atoms with E-state index in [4.69, 9.17) is 14.2 Å². The lowest BCUT2D eigenvalue weighted by atomic mass is 9.92. The van der Waals surface area contributed by atoms with Crippen LogP contribution in [0, 0.1) is 11.8 Å². The molecule has 0 radical (unpaired) electrons. The van der Waals surface area contributed by atoms with Gasteiger partial charge in [-0.05, 0) is 13.3 Å². The fraction of sp³-hybridized carbons (Fsp3) is 0.562. The van der Waals surface area contributed by atoms with Gasteiger partial charge in [0, 0.05) is 5.57 Å². The van der Waals surface area contributed by atoms with E-state index in [1.165, 1.54) is 13.0 Å². The Morgan fingerprint density at radius 1 is 1.09 bits per heavy atom. The van der Waals surface area contributed by atoms with Crippen LogP contribution in [0.15, 0.2) is 24.8 Å². The molecule has 22 heavy (non-hydrogen) atoms. The first kappa shape index (κ1) is 19.9. The van der Waals surface area contributed by atoms with Crippen molar-refractivity contribution in [3.8, 4) is 0 Å². The Morgan fingerprint density at radius 3 is 2.18 bits per heavy atom. The number of carbonyl (C=O) groups excluding carboxylic acids is 3. The van der Waals surface area contributed by atoms with Crippen LogP contribution in [-0.2, 0) is 28.6 Å². The van der Waals surface area contributed by atoms with Crippen molar-refractivity contribution in [2.24, 2.45) is 11.8 Å². The minimum atomic E-state index is -0.640. The topological polar surface area (TPSA) is 78.9 Å². The summed E-state index contributed by atoms with van der Waals surface area (Å²) in [6.45, 7) is 11.8. The monoisotopic (exact) mass is 312 g/mol. The minimum Gasteiger partial charge on any atom is -0.462 e. The second-order valence-corrected chi connectivity index (χ2v) is 4.81. The van der Waals surface area contributed by atoms with Gasteiger partial charge < -0.3 is 14.2 Å². The molecule has 2 unspecified atom stereocenters. The molecule has 0 amide bonds.